The fourth-order valence-corrected chi connectivity index (χ4v) is 3.16. The molecule has 3 aromatic rings. The van der Waals surface area contributed by atoms with Gasteiger partial charge >= 0.3 is 0 Å². The standard InChI is InChI=1S/C16H18N6O2/c1-11-18-14(24-19-11)12-5-8-22(10-12)16(23)13-9-17-20(2)15(13)21-6-3-4-7-21/h3-4,6-7,9,12H,5,8,10H2,1-2H3. The number of aryl methyl sites for hydroxylation is 2. The third-order valence-corrected chi connectivity index (χ3v) is 4.35. The van der Waals surface area contributed by atoms with Crippen LogP contribution in [0.2, 0.25) is 0 Å². The van der Waals surface area contributed by atoms with Crippen LogP contribution in [0.3, 0.4) is 0 Å². The Bertz CT molecular complexity index is 863. The van der Waals surface area contributed by atoms with E-state index in [2.05, 4.69) is 15.2 Å². The predicted octanol–water partition coefficient (Wildman–Crippen LogP) is 1.53. The number of aromatic nitrogens is 5. The van der Waals surface area contributed by atoms with E-state index in [9.17, 15) is 4.79 Å². The molecule has 0 aromatic carbocycles. The summed E-state index contributed by atoms with van der Waals surface area (Å²) < 4.78 is 8.86. The van der Waals surface area contributed by atoms with E-state index in [1.165, 1.54) is 0 Å². The highest BCUT2D eigenvalue weighted by molar-refractivity contribution is 5.97. The van der Waals surface area contributed by atoms with Crippen LogP contribution in [-0.2, 0) is 7.05 Å². The summed E-state index contributed by atoms with van der Waals surface area (Å²) in [6.07, 6.45) is 6.26. The number of likely N-dealkylation sites (tertiary alicyclic amines) is 1. The number of amides is 1. The van der Waals surface area contributed by atoms with Gasteiger partial charge in [0.25, 0.3) is 5.91 Å². The molecule has 1 fully saturated rings. The van der Waals surface area contributed by atoms with Crippen LogP contribution in [0.25, 0.3) is 5.82 Å². The van der Waals surface area contributed by atoms with Crippen LogP contribution >= 0.6 is 0 Å². The van der Waals surface area contributed by atoms with E-state index in [-0.39, 0.29) is 11.8 Å². The van der Waals surface area contributed by atoms with Crippen molar-refractivity contribution in [3.63, 3.8) is 0 Å². The van der Waals surface area contributed by atoms with E-state index >= 15 is 0 Å². The first-order chi connectivity index (χ1) is 11.6. The van der Waals surface area contributed by atoms with E-state index < -0.39 is 0 Å². The summed E-state index contributed by atoms with van der Waals surface area (Å²) in [6.45, 7) is 3.05. The molecule has 0 bridgehead atoms. The van der Waals surface area contributed by atoms with Gasteiger partial charge in [-0.3, -0.25) is 9.48 Å². The lowest BCUT2D eigenvalue weighted by atomic mass is 10.1. The molecule has 4 heterocycles. The second-order valence-electron chi connectivity index (χ2n) is 6.01. The van der Waals surface area contributed by atoms with Crippen LogP contribution in [-0.4, -0.2) is 48.4 Å². The zero-order valence-electron chi connectivity index (χ0n) is 13.6. The topological polar surface area (TPSA) is 82.0 Å². The first-order valence-corrected chi connectivity index (χ1v) is 7.88. The molecule has 24 heavy (non-hydrogen) atoms. The summed E-state index contributed by atoms with van der Waals surface area (Å²) in [5.41, 5.74) is 0.594. The molecule has 1 amide bonds. The van der Waals surface area contributed by atoms with Gasteiger partial charge in [-0.1, -0.05) is 5.16 Å². The minimum absolute atomic E-state index is 0.0227. The first kappa shape index (κ1) is 14.7. The molecule has 0 saturated carbocycles. The Labute approximate surface area is 138 Å². The number of carbonyl (C=O) groups excluding carboxylic acids is 1. The molecule has 8 heteroatoms. The van der Waals surface area contributed by atoms with Crippen molar-refractivity contribution in [2.45, 2.75) is 19.3 Å². The molecule has 0 radical (unpaired) electrons. The Hall–Kier alpha value is -2.90. The molecule has 0 aliphatic carbocycles. The maximum atomic E-state index is 13.0. The van der Waals surface area contributed by atoms with Crippen molar-refractivity contribution in [3.8, 4) is 5.82 Å². The maximum absolute atomic E-state index is 13.0. The zero-order chi connectivity index (χ0) is 16.7. The quantitative estimate of drug-likeness (QED) is 0.729. The molecule has 4 rings (SSSR count). The SMILES string of the molecule is Cc1noc(C2CCN(C(=O)c3cnn(C)c3-n3cccc3)C2)n1. The van der Waals surface area contributed by atoms with Crippen molar-refractivity contribution < 1.29 is 9.32 Å². The van der Waals surface area contributed by atoms with Crippen molar-refractivity contribution in [2.75, 3.05) is 13.1 Å². The van der Waals surface area contributed by atoms with E-state index in [1.54, 1.807) is 17.8 Å². The zero-order valence-corrected chi connectivity index (χ0v) is 13.6. The molecule has 1 atom stereocenters. The fraction of sp³-hybridized carbons (Fsp3) is 0.375. The van der Waals surface area contributed by atoms with E-state index in [0.29, 0.717) is 30.4 Å². The van der Waals surface area contributed by atoms with Gasteiger partial charge in [0, 0.05) is 32.5 Å². The molecular formula is C16H18N6O2. The summed E-state index contributed by atoms with van der Waals surface area (Å²) in [7, 11) is 1.83. The maximum Gasteiger partial charge on any atom is 0.259 e. The Morgan fingerprint density at radius 1 is 1.33 bits per heavy atom. The second kappa shape index (κ2) is 5.63. The predicted molar refractivity (Wildman–Crippen MR) is 84.8 cm³/mol. The molecule has 1 saturated heterocycles. The second-order valence-corrected chi connectivity index (χ2v) is 6.01. The minimum atomic E-state index is -0.0227. The molecule has 1 aliphatic heterocycles. The van der Waals surface area contributed by atoms with Crippen LogP contribution < -0.4 is 0 Å². The van der Waals surface area contributed by atoms with Gasteiger partial charge < -0.3 is 14.0 Å². The van der Waals surface area contributed by atoms with Crippen molar-refractivity contribution in [1.29, 1.82) is 0 Å². The average Bonchev–Trinajstić information content (AvgIpc) is 3.33. The normalized spacial score (nSPS) is 17.6. The molecular weight excluding hydrogens is 308 g/mol. The number of carbonyl (C=O) groups is 1. The molecule has 8 nitrogen and oxygen atoms in total. The lowest BCUT2D eigenvalue weighted by Gasteiger charge is -2.16. The van der Waals surface area contributed by atoms with Crippen molar-refractivity contribution in [3.05, 3.63) is 48.0 Å². The third kappa shape index (κ3) is 2.40. The Morgan fingerprint density at radius 2 is 2.12 bits per heavy atom. The summed E-state index contributed by atoms with van der Waals surface area (Å²) in [5.74, 6) is 2.08. The van der Waals surface area contributed by atoms with Gasteiger partial charge in [0.05, 0.1) is 12.1 Å². The van der Waals surface area contributed by atoms with Crippen molar-refractivity contribution in [2.24, 2.45) is 7.05 Å². The highest BCUT2D eigenvalue weighted by Crippen LogP contribution is 2.28. The van der Waals surface area contributed by atoms with Gasteiger partial charge in [-0.25, -0.2) is 0 Å². The molecule has 124 valence electrons. The molecule has 1 unspecified atom stereocenters. The molecule has 3 aromatic heterocycles. The summed E-state index contributed by atoms with van der Waals surface area (Å²) in [4.78, 5) is 19.1. The van der Waals surface area contributed by atoms with E-state index in [4.69, 9.17) is 4.52 Å². The van der Waals surface area contributed by atoms with Gasteiger partial charge in [0.1, 0.15) is 11.4 Å². The van der Waals surface area contributed by atoms with Crippen LogP contribution in [0.1, 0.15) is 34.4 Å². The summed E-state index contributed by atoms with van der Waals surface area (Å²) in [6, 6.07) is 3.84. The number of nitrogens with zero attached hydrogens (tertiary/aromatic N) is 6. The van der Waals surface area contributed by atoms with Gasteiger partial charge in [-0.15, -0.1) is 0 Å². The van der Waals surface area contributed by atoms with Crippen LogP contribution in [0.4, 0.5) is 0 Å². The lowest BCUT2D eigenvalue weighted by Crippen LogP contribution is -2.29. The summed E-state index contributed by atoms with van der Waals surface area (Å²) in [5, 5.41) is 8.09. The van der Waals surface area contributed by atoms with Gasteiger partial charge in [-0.05, 0) is 25.5 Å². The van der Waals surface area contributed by atoms with E-state index in [0.717, 1.165) is 12.2 Å². The summed E-state index contributed by atoms with van der Waals surface area (Å²) >= 11 is 0. The lowest BCUT2D eigenvalue weighted by molar-refractivity contribution is 0.0789. The highest BCUT2D eigenvalue weighted by Gasteiger charge is 2.33. The van der Waals surface area contributed by atoms with Crippen molar-refractivity contribution >= 4 is 5.91 Å². The van der Waals surface area contributed by atoms with Gasteiger partial charge in [-0.2, -0.15) is 10.1 Å². The molecule has 0 spiro atoms. The number of hydrogen-bond acceptors (Lipinski definition) is 5. The largest absolute Gasteiger partial charge is 0.339 e. The van der Waals surface area contributed by atoms with Crippen LogP contribution in [0.5, 0.6) is 0 Å². The minimum Gasteiger partial charge on any atom is -0.339 e. The Balaban J connectivity index is 1.57. The van der Waals surface area contributed by atoms with Crippen molar-refractivity contribution in [1.82, 2.24) is 29.4 Å². The molecule has 1 aliphatic rings. The highest BCUT2D eigenvalue weighted by atomic mass is 16.5. The van der Waals surface area contributed by atoms with Crippen LogP contribution in [0.15, 0.2) is 35.2 Å². The average molecular weight is 326 g/mol. The third-order valence-electron chi connectivity index (χ3n) is 4.35. The van der Waals surface area contributed by atoms with Gasteiger partial charge in [0.2, 0.25) is 5.89 Å². The smallest absolute Gasteiger partial charge is 0.259 e. The fourth-order valence-electron chi connectivity index (χ4n) is 3.16. The number of rotatable bonds is 3. The van der Waals surface area contributed by atoms with Crippen LogP contribution in [0, 0.1) is 6.92 Å². The Morgan fingerprint density at radius 3 is 2.83 bits per heavy atom. The van der Waals surface area contributed by atoms with Gasteiger partial charge in [0.15, 0.2) is 5.82 Å². The first-order valence-electron chi connectivity index (χ1n) is 7.88. The Kier molecular flexibility index (Phi) is 3.44. The van der Waals surface area contributed by atoms with E-state index in [1.807, 2.05) is 41.0 Å². The number of hydrogen-bond donors (Lipinski definition) is 0. The monoisotopic (exact) mass is 326 g/mol. The molecule has 0 N–H and O–H groups in total.